The second-order valence-corrected chi connectivity index (χ2v) is 6.35. The normalized spacial score (nSPS) is 17.3. The molecule has 0 N–H and O–H groups in total. The van der Waals surface area contributed by atoms with Gasteiger partial charge in [-0.2, -0.15) is 0 Å². The maximum Gasteiger partial charge on any atom is 0.173 e. The lowest BCUT2D eigenvalue weighted by Gasteiger charge is -2.30. The minimum Gasteiger partial charge on any atom is -0.362 e. The van der Waals surface area contributed by atoms with Crippen molar-refractivity contribution in [3.05, 3.63) is 23.3 Å². The van der Waals surface area contributed by atoms with Gasteiger partial charge >= 0.3 is 0 Å². The summed E-state index contributed by atoms with van der Waals surface area (Å²) in [4.78, 5) is 12.6. The first-order valence-corrected chi connectivity index (χ1v) is 7.89. The summed E-state index contributed by atoms with van der Waals surface area (Å²) in [6.07, 6.45) is 10.5. The summed E-state index contributed by atoms with van der Waals surface area (Å²) in [5.74, 6) is 0.997. The van der Waals surface area contributed by atoms with Crippen molar-refractivity contribution in [1.82, 2.24) is 0 Å². The Bertz CT molecular complexity index is 370. The van der Waals surface area contributed by atoms with Crippen molar-refractivity contribution in [3.8, 4) is 0 Å². The average molecular weight is 278 g/mol. The SMILES string of the molecule is COC1(C(=O)CCCCCCC(C)C)C(C)=CC=C1C. The highest BCUT2D eigenvalue weighted by Crippen LogP contribution is 2.36. The van der Waals surface area contributed by atoms with Crippen molar-refractivity contribution in [3.63, 3.8) is 0 Å². The quantitative estimate of drug-likeness (QED) is 0.564. The van der Waals surface area contributed by atoms with Gasteiger partial charge in [0.05, 0.1) is 0 Å². The molecular formula is C18H30O2. The fraction of sp³-hybridized carbons (Fsp3) is 0.722. The van der Waals surface area contributed by atoms with Crippen LogP contribution in [0.3, 0.4) is 0 Å². The van der Waals surface area contributed by atoms with Gasteiger partial charge in [-0.15, -0.1) is 0 Å². The smallest absolute Gasteiger partial charge is 0.173 e. The molecule has 1 aliphatic rings. The Morgan fingerprint density at radius 2 is 1.65 bits per heavy atom. The highest BCUT2D eigenvalue weighted by atomic mass is 16.5. The van der Waals surface area contributed by atoms with Crippen LogP contribution in [0.5, 0.6) is 0 Å². The van der Waals surface area contributed by atoms with Crippen molar-refractivity contribution in [2.45, 2.75) is 71.8 Å². The maximum absolute atomic E-state index is 12.6. The van der Waals surface area contributed by atoms with Crippen LogP contribution in [0.2, 0.25) is 0 Å². The van der Waals surface area contributed by atoms with E-state index in [2.05, 4.69) is 13.8 Å². The van der Waals surface area contributed by atoms with E-state index in [1.165, 1.54) is 19.3 Å². The number of unbranched alkanes of at least 4 members (excludes halogenated alkanes) is 3. The molecule has 0 saturated heterocycles. The number of rotatable bonds is 9. The van der Waals surface area contributed by atoms with Gasteiger partial charge in [-0.1, -0.05) is 51.7 Å². The van der Waals surface area contributed by atoms with Crippen molar-refractivity contribution in [2.24, 2.45) is 5.92 Å². The number of hydrogen-bond acceptors (Lipinski definition) is 2. The van der Waals surface area contributed by atoms with Crippen molar-refractivity contribution in [1.29, 1.82) is 0 Å². The number of hydrogen-bond donors (Lipinski definition) is 0. The molecule has 0 heterocycles. The first-order chi connectivity index (χ1) is 9.45. The van der Waals surface area contributed by atoms with E-state index in [-0.39, 0.29) is 5.78 Å². The number of methoxy groups -OCH3 is 1. The van der Waals surface area contributed by atoms with Crippen LogP contribution in [0, 0.1) is 5.92 Å². The Morgan fingerprint density at radius 3 is 2.15 bits per heavy atom. The Balaban J connectivity index is 2.39. The molecule has 0 aromatic heterocycles. The van der Waals surface area contributed by atoms with Crippen LogP contribution < -0.4 is 0 Å². The average Bonchev–Trinajstić information content (AvgIpc) is 2.69. The molecule has 2 nitrogen and oxygen atoms in total. The second-order valence-electron chi connectivity index (χ2n) is 6.35. The lowest BCUT2D eigenvalue weighted by Crippen LogP contribution is -2.41. The summed E-state index contributed by atoms with van der Waals surface area (Å²) in [7, 11) is 1.64. The van der Waals surface area contributed by atoms with E-state index < -0.39 is 5.60 Å². The minimum atomic E-state index is -0.766. The molecular weight excluding hydrogens is 248 g/mol. The summed E-state index contributed by atoms with van der Waals surface area (Å²) in [5, 5.41) is 0. The topological polar surface area (TPSA) is 26.3 Å². The summed E-state index contributed by atoms with van der Waals surface area (Å²) in [6.45, 7) is 8.49. The lowest BCUT2D eigenvalue weighted by atomic mass is 9.84. The third kappa shape index (κ3) is 3.82. The van der Waals surface area contributed by atoms with Crippen LogP contribution in [0.25, 0.3) is 0 Å². The molecule has 0 aromatic carbocycles. The highest BCUT2D eigenvalue weighted by molar-refractivity contribution is 5.95. The van der Waals surface area contributed by atoms with Crippen LogP contribution in [0.15, 0.2) is 23.3 Å². The molecule has 0 radical (unpaired) electrons. The molecule has 20 heavy (non-hydrogen) atoms. The second kappa shape index (κ2) is 7.78. The molecule has 0 aromatic rings. The summed E-state index contributed by atoms with van der Waals surface area (Å²) < 4.78 is 5.61. The van der Waals surface area contributed by atoms with Crippen molar-refractivity contribution < 1.29 is 9.53 Å². The zero-order valence-electron chi connectivity index (χ0n) is 13.8. The van der Waals surface area contributed by atoms with E-state index in [0.29, 0.717) is 6.42 Å². The molecule has 0 bridgehead atoms. The molecule has 114 valence electrons. The predicted octanol–water partition coefficient (Wildman–Crippen LogP) is 4.84. The third-order valence-electron chi connectivity index (χ3n) is 4.33. The monoisotopic (exact) mass is 278 g/mol. The van der Waals surface area contributed by atoms with Gasteiger partial charge in [-0.25, -0.2) is 0 Å². The van der Waals surface area contributed by atoms with Crippen LogP contribution in [-0.4, -0.2) is 18.5 Å². The van der Waals surface area contributed by atoms with Gasteiger partial charge in [0.15, 0.2) is 11.4 Å². The van der Waals surface area contributed by atoms with Crippen molar-refractivity contribution >= 4 is 5.78 Å². The van der Waals surface area contributed by atoms with Crippen LogP contribution >= 0.6 is 0 Å². The zero-order chi connectivity index (χ0) is 15.2. The van der Waals surface area contributed by atoms with Crippen LogP contribution in [-0.2, 0) is 9.53 Å². The molecule has 0 saturated carbocycles. The molecule has 0 aliphatic heterocycles. The van der Waals surface area contributed by atoms with Gasteiger partial charge in [-0.3, -0.25) is 4.79 Å². The van der Waals surface area contributed by atoms with E-state index in [1.807, 2.05) is 26.0 Å². The molecule has 1 rings (SSSR count). The summed E-state index contributed by atoms with van der Waals surface area (Å²) >= 11 is 0. The van der Waals surface area contributed by atoms with Gasteiger partial charge in [0.1, 0.15) is 0 Å². The van der Waals surface area contributed by atoms with Gasteiger partial charge < -0.3 is 4.74 Å². The first-order valence-electron chi connectivity index (χ1n) is 7.89. The Kier molecular flexibility index (Phi) is 6.67. The van der Waals surface area contributed by atoms with E-state index >= 15 is 0 Å². The van der Waals surface area contributed by atoms with Gasteiger partial charge in [0.25, 0.3) is 0 Å². The summed E-state index contributed by atoms with van der Waals surface area (Å²) in [6, 6.07) is 0. The number of allylic oxidation sites excluding steroid dienone is 2. The fourth-order valence-electron chi connectivity index (χ4n) is 3.04. The molecule has 0 unspecified atom stereocenters. The fourth-order valence-corrected chi connectivity index (χ4v) is 3.04. The molecule has 0 spiro atoms. The van der Waals surface area contributed by atoms with Crippen molar-refractivity contribution in [2.75, 3.05) is 7.11 Å². The van der Waals surface area contributed by atoms with Crippen LogP contribution in [0.4, 0.5) is 0 Å². The summed E-state index contributed by atoms with van der Waals surface area (Å²) in [5.41, 5.74) is 1.27. The Hall–Kier alpha value is -0.890. The van der Waals surface area contributed by atoms with Gasteiger partial charge in [0, 0.05) is 13.5 Å². The molecule has 0 amide bonds. The zero-order valence-corrected chi connectivity index (χ0v) is 13.8. The maximum atomic E-state index is 12.6. The molecule has 0 fully saturated rings. The molecule has 1 aliphatic carbocycles. The highest BCUT2D eigenvalue weighted by Gasteiger charge is 2.42. The Labute approximate surface area is 124 Å². The Morgan fingerprint density at radius 1 is 1.10 bits per heavy atom. The molecule has 0 atom stereocenters. The minimum absolute atomic E-state index is 0.212. The van der Waals surface area contributed by atoms with Gasteiger partial charge in [-0.05, 0) is 37.3 Å². The number of Topliss-reactive ketones (excluding diaryl/α,β-unsaturated/α-hetero) is 1. The lowest BCUT2D eigenvalue weighted by molar-refractivity contribution is -0.133. The van der Waals surface area contributed by atoms with Crippen LogP contribution in [0.1, 0.15) is 66.2 Å². The standard InChI is InChI=1S/C18H30O2/c1-14(2)10-8-6-7-9-11-17(19)18(20-5)15(3)12-13-16(18)4/h12-14H,6-11H2,1-5H3. The van der Waals surface area contributed by atoms with Gasteiger partial charge in [0.2, 0.25) is 0 Å². The molecule has 2 heteroatoms. The predicted molar refractivity (Wildman–Crippen MR) is 84.8 cm³/mol. The largest absolute Gasteiger partial charge is 0.362 e. The number of ketones is 1. The van der Waals surface area contributed by atoms with E-state index in [9.17, 15) is 4.79 Å². The first kappa shape index (κ1) is 17.2. The van der Waals surface area contributed by atoms with E-state index in [1.54, 1.807) is 7.11 Å². The van der Waals surface area contributed by atoms with E-state index in [4.69, 9.17) is 4.74 Å². The number of carbonyl (C=O) groups excluding carboxylic acids is 1. The number of ether oxygens (including phenoxy) is 1. The number of carbonyl (C=O) groups is 1. The van der Waals surface area contributed by atoms with E-state index in [0.717, 1.165) is 29.9 Å². The third-order valence-corrected chi connectivity index (χ3v) is 4.33.